The number of carbonyl (C=O) groups excluding carboxylic acids is 1. The molecule has 1 saturated heterocycles. The van der Waals surface area contributed by atoms with Crippen molar-refractivity contribution in [3.05, 3.63) is 41.6 Å². The fraction of sp³-hybridized carbons (Fsp3) is 0.450. The lowest BCUT2D eigenvalue weighted by molar-refractivity contribution is -0.134. The number of fused-ring (bicyclic) bond motifs is 2. The second-order valence-electron chi connectivity index (χ2n) is 7.60. The summed E-state index contributed by atoms with van der Waals surface area (Å²) >= 11 is 0. The van der Waals surface area contributed by atoms with Gasteiger partial charge in [0, 0.05) is 65.1 Å². The third kappa shape index (κ3) is 2.47. The van der Waals surface area contributed by atoms with Crippen molar-refractivity contribution in [1.82, 2.24) is 14.8 Å². The molecular formula is C20H23N3O2S. The summed E-state index contributed by atoms with van der Waals surface area (Å²) in [5.41, 5.74) is 5.09. The maximum atomic E-state index is 13.1. The molecule has 2 unspecified atom stereocenters. The number of H-pyrrole nitrogens is 1. The Morgan fingerprint density at radius 2 is 2.08 bits per heavy atom. The number of aromatic amines is 1. The maximum Gasteiger partial charge on any atom is 0.230 e. The molecule has 26 heavy (non-hydrogen) atoms. The van der Waals surface area contributed by atoms with E-state index in [1.54, 1.807) is 0 Å². The van der Waals surface area contributed by atoms with Crippen LogP contribution in [0.3, 0.4) is 0 Å². The summed E-state index contributed by atoms with van der Waals surface area (Å²) in [7, 11) is 1.37. The van der Waals surface area contributed by atoms with E-state index in [1.807, 2.05) is 4.90 Å². The smallest absolute Gasteiger partial charge is 0.230 e. The highest BCUT2D eigenvalue weighted by Gasteiger charge is 2.37. The van der Waals surface area contributed by atoms with Gasteiger partial charge < -0.3 is 9.88 Å². The molecule has 1 aromatic carbocycles. The molecule has 1 N–H and O–H groups in total. The molecule has 0 bridgehead atoms. The van der Waals surface area contributed by atoms with Crippen LogP contribution in [0.1, 0.15) is 11.1 Å². The Bertz CT molecular complexity index is 938. The zero-order valence-corrected chi connectivity index (χ0v) is 15.7. The molecule has 0 spiro atoms. The second-order valence-corrected chi connectivity index (χ2v) is 9.30. The van der Waals surface area contributed by atoms with Crippen LogP contribution in [0.25, 0.3) is 16.5 Å². The van der Waals surface area contributed by atoms with Gasteiger partial charge in [0.25, 0.3) is 0 Å². The molecule has 2 aromatic rings. The quantitative estimate of drug-likeness (QED) is 0.831. The molecule has 1 aromatic heterocycles. The molecule has 1 fully saturated rings. The number of rotatable bonds is 1. The van der Waals surface area contributed by atoms with Gasteiger partial charge in [-0.3, -0.25) is 13.9 Å². The zero-order valence-electron chi connectivity index (χ0n) is 14.9. The summed E-state index contributed by atoms with van der Waals surface area (Å²) in [5, 5.41) is 1.31. The Morgan fingerprint density at radius 3 is 2.88 bits per heavy atom. The van der Waals surface area contributed by atoms with Crippen molar-refractivity contribution in [3.8, 4) is 0 Å². The molecule has 2 atom stereocenters. The number of benzene rings is 1. The molecule has 0 radical (unpaired) electrons. The van der Waals surface area contributed by atoms with E-state index in [9.17, 15) is 9.00 Å². The van der Waals surface area contributed by atoms with Gasteiger partial charge in [-0.15, -0.1) is 0 Å². The molecule has 0 saturated carbocycles. The second kappa shape index (κ2) is 6.06. The van der Waals surface area contributed by atoms with Gasteiger partial charge in [-0.2, -0.15) is 0 Å². The van der Waals surface area contributed by atoms with Crippen LogP contribution < -0.4 is 0 Å². The third-order valence-corrected chi connectivity index (χ3v) is 7.35. The summed E-state index contributed by atoms with van der Waals surface area (Å²) in [4.78, 5) is 20.7. The fourth-order valence-corrected chi connectivity index (χ4v) is 5.75. The van der Waals surface area contributed by atoms with Gasteiger partial charge in [-0.1, -0.05) is 18.2 Å². The van der Waals surface area contributed by atoms with Crippen molar-refractivity contribution in [3.63, 3.8) is 0 Å². The van der Waals surface area contributed by atoms with E-state index in [4.69, 9.17) is 0 Å². The van der Waals surface area contributed by atoms with Crippen LogP contribution in [-0.4, -0.2) is 69.1 Å². The van der Waals surface area contributed by atoms with E-state index in [2.05, 4.69) is 47.4 Å². The first-order valence-corrected chi connectivity index (χ1v) is 10.8. The van der Waals surface area contributed by atoms with Crippen LogP contribution in [0.2, 0.25) is 0 Å². The molecule has 6 heteroatoms. The lowest BCUT2D eigenvalue weighted by atomic mass is 9.79. The Hall–Kier alpha value is -1.92. The summed E-state index contributed by atoms with van der Waals surface area (Å²) in [6.07, 6.45) is 5.33. The first kappa shape index (κ1) is 16.3. The van der Waals surface area contributed by atoms with Crippen molar-refractivity contribution < 1.29 is 9.00 Å². The summed E-state index contributed by atoms with van der Waals surface area (Å²) in [6, 6.07) is 6.73. The normalized spacial score (nSPS) is 26.7. The topological polar surface area (TPSA) is 56.4 Å². The van der Waals surface area contributed by atoms with E-state index in [0.717, 1.165) is 13.0 Å². The number of amides is 1. The van der Waals surface area contributed by atoms with E-state index < -0.39 is 10.8 Å². The van der Waals surface area contributed by atoms with Gasteiger partial charge in [-0.25, -0.2) is 0 Å². The number of likely N-dealkylation sites (N-methyl/N-ethyl adjacent to an activating group) is 1. The summed E-state index contributed by atoms with van der Waals surface area (Å²) < 4.78 is 11.6. The third-order valence-electron chi connectivity index (χ3n) is 6.07. The average Bonchev–Trinajstić information content (AvgIpc) is 3.07. The molecule has 1 amide bonds. The Labute approximate surface area is 155 Å². The number of hydrogen-bond acceptors (Lipinski definition) is 3. The number of aromatic nitrogens is 1. The van der Waals surface area contributed by atoms with Gasteiger partial charge in [0.1, 0.15) is 0 Å². The van der Waals surface area contributed by atoms with Crippen molar-refractivity contribution in [1.29, 1.82) is 0 Å². The summed E-state index contributed by atoms with van der Waals surface area (Å²) in [6.45, 7) is 1.99. The van der Waals surface area contributed by atoms with Gasteiger partial charge in [-0.05, 0) is 36.2 Å². The highest BCUT2D eigenvalue weighted by atomic mass is 32.2. The van der Waals surface area contributed by atoms with Crippen LogP contribution >= 0.6 is 0 Å². The zero-order chi connectivity index (χ0) is 17.8. The Kier molecular flexibility index (Phi) is 3.79. The van der Waals surface area contributed by atoms with Crippen molar-refractivity contribution in [2.75, 3.05) is 38.2 Å². The van der Waals surface area contributed by atoms with Gasteiger partial charge in [0.05, 0.1) is 5.92 Å². The van der Waals surface area contributed by atoms with Crippen molar-refractivity contribution in [2.24, 2.45) is 5.92 Å². The number of carbonyl (C=O) groups is 1. The average molecular weight is 369 g/mol. The van der Waals surface area contributed by atoms with Crippen LogP contribution in [0.5, 0.6) is 0 Å². The van der Waals surface area contributed by atoms with Crippen molar-refractivity contribution >= 4 is 33.2 Å². The van der Waals surface area contributed by atoms with Crippen LogP contribution in [-0.2, 0) is 22.0 Å². The molecular weight excluding hydrogens is 346 g/mol. The van der Waals surface area contributed by atoms with Gasteiger partial charge in [0.2, 0.25) is 5.91 Å². The first-order chi connectivity index (χ1) is 12.6. The Morgan fingerprint density at radius 1 is 1.27 bits per heavy atom. The van der Waals surface area contributed by atoms with Gasteiger partial charge >= 0.3 is 0 Å². The van der Waals surface area contributed by atoms with Gasteiger partial charge in [0.15, 0.2) is 0 Å². The minimum absolute atomic E-state index is 0.117. The SMILES string of the molecule is CN1CC(C(=O)N2CCS(=O)CC2)C=C2c3cccc4[nH]cc(c34)CC21. The first-order valence-electron chi connectivity index (χ1n) is 9.27. The molecule has 136 valence electrons. The molecule has 5 rings (SSSR count). The lowest BCUT2D eigenvalue weighted by Crippen LogP contribution is -2.50. The largest absolute Gasteiger partial charge is 0.361 e. The molecule has 1 aliphatic carbocycles. The number of nitrogens with zero attached hydrogens (tertiary/aromatic N) is 2. The predicted molar refractivity (Wildman–Crippen MR) is 104 cm³/mol. The highest BCUT2D eigenvalue weighted by Crippen LogP contribution is 2.40. The fourth-order valence-electron chi connectivity index (χ4n) is 4.70. The number of nitrogens with one attached hydrogen (secondary N) is 1. The lowest BCUT2D eigenvalue weighted by Gasteiger charge is -2.41. The predicted octanol–water partition coefficient (Wildman–Crippen LogP) is 1.63. The Balaban J connectivity index is 1.52. The van der Waals surface area contributed by atoms with Crippen molar-refractivity contribution in [2.45, 2.75) is 12.5 Å². The molecule has 2 aliphatic heterocycles. The van der Waals surface area contributed by atoms with E-state index in [-0.39, 0.29) is 11.8 Å². The standard InChI is InChI=1S/C20H23N3O2S/c1-22-12-14(20(24)23-5-7-26(25)8-6-23)9-16-15-3-2-4-17-19(15)13(11-21-17)10-18(16)22/h2-4,9,11,14,18,21H,5-8,10,12H2,1H3. The molecule has 3 aliphatic rings. The van der Waals surface area contributed by atoms with Crippen LogP contribution in [0.4, 0.5) is 0 Å². The van der Waals surface area contributed by atoms with E-state index in [1.165, 1.54) is 27.6 Å². The highest BCUT2D eigenvalue weighted by molar-refractivity contribution is 7.85. The van der Waals surface area contributed by atoms with Crippen LogP contribution in [0, 0.1) is 5.92 Å². The monoisotopic (exact) mass is 369 g/mol. The van der Waals surface area contributed by atoms with E-state index >= 15 is 0 Å². The maximum absolute atomic E-state index is 13.1. The molecule has 5 nitrogen and oxygen atoms in total. The number of hydrogen-bond donors (Lipinski definition) is 1. The minimum Gasteiger partial charge on any atom is -0.361 e. The minimum atomic E-state index is -0.758. The van der Waals surface area contributed by atoms with Crippen LogP contribution in [0.15, 0.2) is 30.5 Å². The van der Waals surface area contributed by atoms with E-state index in [0.29, 0.717) is 30.6 Å². The molecule has 3 heterocycles. The summed E-state index contributed by atoms with van der Waals surface area (Å²) in [5.74, 6) is 1.29.